The van der Waals surface area contributed by atoms with Gasteiger partial charge in [-0.3, -0.25) is 4.79 Å². The van der Waals surface area contributed by atoms with Gasteiger partial charge in [-0.25, -0.2) is 36.5 Å². The number of sulfone groups is 1. The molecule has 1 aromatic carbocycles. The van der Waals surface area contributed by atoms with E-state index in [1.807, 2.05) is 13.8 Å². The third kappa shape index (κ3) is 5.11. The average Bonchev–Trinajstić information content (AvgIpc) is 2.93. The van der Waals surface area contributed by atoms with Crippen molar-refractivity contribution in [3.05, 3.63) is 76.9 Å². The zero-order chi connectivity index (χ0) is 31.4. The van der Waals surface area contributed by atoms with Crippen molar-refractivity contribution in [3.8, 4) is 16.9 Å². The van der Waals surface area contributed by atoms with E-state index in [0.717, 1.165) is 23.0 Å². The molecule has 0 unspecified atom stereocenters. The van der Waals surface area contributed by atoms with Crippen LogP contribution in [0.25, 0.3) is 28.0 Å². The number of amides is 1. The molecule has 43 heavy (non-hydrogen) atoms. The topological polar surface area (TPSA) is 144 Å². The average molecular weight is 610 g/mol. The second-order valence-electron chi connectivity index (χ2n) is 10.5. The summed E-state index contributed by atoms with van der Waals surface area (Å²) < 4.78 is 57.4. The monoisotopic (exact) mass is 609 g/mol. The van der Waals surface area contributed by atoms with E-state index in [4.69, 9.17) is 5.73 Å². The van der Waals surface area contributed by atoms with Gasteiger partial charge < -0.3 is 15.5 Å². The fourth-order valence-corrected chi connectivity index (χ4v) is 6.26. The van der Waals surface area contributed by atoms with E-state index in [1.54, 1.807) is 16.7 Å². The number of pyridine rings is 2. The van der Waals surface area contributed by atoms with Gasteiger partial charge in [0.25, 0.3) is 0 Å². The van der Waals surface area contributed by atoms with Crippen molar-refractivity contribution in [2.45, 2.75) is 37.9 Å². The van der Waals surface area contributed by atoms with Gasteiger partial charge in [-0.1, -0.05) is 12.6 Å². The van der Waals surface area contributed by atoms with Gasteiger partial charge in [0.15, 0.2) is 26.3 Å². The summed E-state index contributed by atoms with van der Waals surface area (Å²) in [6.45, 7) is 9.27. The predicted octanol–water partition coefficient (Wildman–Crippen LogP) is 3.03. The number of fused-ring (bicyclic) bond motifs is 1. The van der Waals surface area contributed by atoms with Crippen LogP contribution < -0.4 is 16.3 Å². The van der Waals surface area contributed by atoms with E-state index >= 15 is 4.39 Å². The molecule has 1 aliphatic heterocycles. The Kier molecular flexibility index (Phi) is 7.50. The highest BCUT2D eigenvalue weighted by molar-refractivity contribution is 7.90. The van der Waals surface area contributed by atoms with Crippen molar-refractivity contribution in [2.24, 2.45) is 0 Å². The molecule has 2 atom stereocenters. The summed E-state index contributed by atoms with van der Waals surface area (Å²) in [6, 6.07) is 5.73. The van der Waals surface area contributed by atoms with E-state index < -0.39 is 37.9 Å². The summed E-state index contributed by atoms with van der Waals surface area (Å²) in [5.74, 6) is -1.96. The lowest BCUT2D eigenvalue weighted by molar-refractivity contribution is -0.128. The Morgan fingerprint density at radius 3 is 2.49 bits per heavy atom. The molecule has 1 aliphatic rings. The molecule has 2 N–H and O–H groups in total. The van der Waals surface area contributed by atoms with Crippen molar-refractivity contribution in [3.63, 3.8) is 0 Å². The van der Waals surface area contributed by atoms with Crippen molar-refractivity contribution < 1.29 is 22.0 Å². The lowest BCUT2D eigenvalue weighted by Crippen LogP contribution is -2.58. The van der Waals surface area contributed by atoms with E-state index in [2.05, 4.69) is 21.5 Å². The third-order valence-corrected chi connectivity index (χ3v) is 8.47. The van der Waals surface area contributed by atoms with Crippen LogP contribution in [0, 0.1) is 18.6 Å². The first-order valence-corrected chi connectivity index (χ1v) is 15.2. The zero-order valence-electron chi connectivity index (χ0n) is 23.9. The Balaban J connectivity index is 1.87. The van der Waals surface area contributed by atoms with Crippen LogP contribution in [0.1, 0.15) is 19.4 Å². The molecule has 0 spiro atoms. The molecule has 14 heteroatoms. The normalized spacial score (nSPS) is 17.3. The minimum atomic E-state index is -3.97. The maximum Gasteiger partial charge on any atom is 0.355 e. The van der Waals surface area contributed by atoms with Crippen molar-refractivity contribution in [1.82, 2.24) is 24.4 Å². The highest BCUT2D eigenvalue weighted by Gasteiger charge is 2.34. The molecule has 4 heterocycles. The second-order valence-corrected chi connectivity index (χ2v) is 12.5. The first kappa shape index (κ1) is 29.8. The van der Waals surface area contributed by atoms with Gasteiger partial charge in [0, 0.05) is 43.3 Å². The van der Waals surface area contributed by atoms with Crippen molar-refractivity contribution in [1.29, 1.82) is 0 Å². The molecule has 5 rings (SSSR count). The number of rotatable bonds is 5. The summed E-state index contributed by atoms with van der Waals surface area (Å²) >= 11 is 0. The van der Waals surface area contributed by atoms with E-state index in [0.29, 0.717) is 5.56 Å². The van der Waals surface area contributed by atoms with E-state index in [-0.39, 0.29) is 64.9 Å². The number of nitrogens with two attached hydrogens (primary N) is 1. The maximum absolute atomic E-state index is 15.9. The fourth-order valence-electron chi connectivity index (χ4n) is 5.41. The molecular formula is C29H29F2N7O4S. The van der Waals surface area contributed by atoms with Gasteiger partial charge in [-0.2, -0.15) is 4.98 Å². The quantitative estimate of drug-likeness (QED) is 0.267. The van der Waals surface area contributed by atoms with Crippen LogP contribution in [0.4, 0.5) is 20.3 Å². The van der Waals surface area contributed by atoms with E-state index in [1.165, 1.54) is 30.5 Å². The van der Waals surface area contributed by atoms with Crippen LogP contribution in [0.5, 0.6) is 0 Å². The lowest BCUT2D eigenvalue weighted by atomic mass is 10.1. The van der Waals surface area contributed by atoms with Gasteiger partial charge in [-0.15, -0.1) is 0 Å². The summed E-state index contributed by atoms with van der Waals surface area (Å²) in [4.78, 5) is 42.4. The number of hydrogen-bond acceptors (Lipinski definition) is 9. The molecule has 3 aromatic heterocycles. The molecule has 1 amide bonds. The van der Waals surface area contributed by atoms with Gasteiger partial charge in [0.05, 0.1) is 16.6 Å². The van der Waals surface area contributed by atoms with Crippen molar-refractivity contribution in [2.75, 3.05) is 30.0 Å². The smallest absolute Gasteiger partial charge is 0.355 e. The van der Waals surface area contributed by atoms with Gasteiger partial charge >= 0.3 is 5.69 Å². The molecule has 0 radical (unpaired) electrons. The maximum atomic E-state index is 15.9. The minimum absolute atomic E-state index is 0.0565. The Bertz CT molecular complexity index is 1960. The molecule has 1 fully saturated rings. The van der Waals surface area contributed by atoms with Crippen LogP contribution in [0.3, 0.4) is 0 Å². The molecule has 4 aromatic rings. The SMILES string of the molecule is C=CC(=O)N1C[C@H](C)N(c2nc(=O)n(-c3c(C)ccnc3S(C)(=O)=O)c3nc(-c4c(N)cccc4F)c(F)cc23)C[C@H]1C. The fraction of sp³-hybridized carbons (Fsp3) is 0.276. The molecule has 1 saturated heterocycles. The zero-order valence-corrected chi connectivity index (χ0v) is 24.7. The first-order valence-electron chi connectivity index (χ1n) is 13.3. The van der Waals surface area contributed by atoms with Gasteiger partial charge in [0.2, 0.25) is 5.91 Å². The Hall–Kier alpha value is -4.72. The Morgan fingerprint density at radius 2 is 1.84 bits per heavy atom. The number of halogens is 2. The predicted molar refractivity (Wildman–Crippen MR) is 159 cm³/mol. The van der Waals surface area contributed by atoms with Crippen molar-refractivity contribution >= 4 is 38.3 Å². The third-order valence-electron chi connectivity index (χ3n) is 7.47. The summed E-state index contributed by atoms with van der Waals surface area (Å²) in [5.41, 5.74) is 4.27. The Morgan fingerprint density at radius 1 is 1.12 bits per heavy atom. The largest absolute Gasteiger partial charge is 0.398 e. The number of aromatic nitrogens is 4. The summed E-state index contributed by atoms with van der Waals surface area (Å²) in [7, 11) is -3.97. The molecular weight excluding hydrogens is 580 g/mol. The summed E-state index contributed by atoms with van der Waals surface area (Å²) in [5, 5.41) is -0.358. The number of piperazine rings is 1. The van der Waals surface area contributed by atoms with Crippen LogP contribution in [-0.4, -0.2) is 70.2 Å². The van der Waals surface area contributed by atoms with Crippen LogP contribution >= 0.6 is 0 Å². The van der Waals surface area contributed by atoms with Crippen LogP contribution in [0.15, 0.2) is 59.0 Å². The number of carbonyl (C=O) groups is 1. The minimum Gasteiger partial charge on any atom is -0.398 e. The standard InChI is InChI=1S/C29H29F2N7O4S/c1-6-22(39)36-13-17(4)37(14-16(36)3)26-18-12-20(31)24(23-19(30)8-7-9-21(23)32)34-27(18)38(29(40)35-26)25-15(2)10-11-33-28(25)43(5,41)42/h6-12,16-17H,1,13-14,32H2,2-5H3/t16-,17+/m1/s1. The van der Waals surface area contributed by atoms with Gasteiger partial charge in [-0.05, 0) is 56.7 Å². The second kappa shape index (κ2) is 10.8. The Labute approximate surface area is 246 Å². The first-order chi connectivity index (χ1) is 20.2. The van der Waals surface area contributed by atoms with Gasteiger partial charge in [0.1, 0.15) is 17.3 Å². The molecule has 0 aliphatic carbocycles. The number of carbonyl (C=O) groups excluding carboxylic acids is 1. The number of benzene rings is 1. The lowest BCUT2D eigenvalue weighted by Gasteiger charge is -2.44. The molecule has 224 valence electrons. The molecule has 0 bridgehead atoms. The number of nitrogen functional groups attached to an aromatic ring is 1. The highest BCUT2D eigenvalue weighted by Crippen LogP contribution is 2.35. The van der Waals surface area contributed by atoms with Crippen LogP contribution in [-0.2, 0) is 14.6 Å². The number of nitrogens with zero attached hydrogens (tertiary/aromatic N) is 6. The molecule has 11 nitrogen and oxygen atoms in total. The molecule has 0 saturated carbocycles. The number of anilines is 2. The number of aryl methyl sites for hydroxylation is 1. The van der Waals surface area contributed by atoms with Crippen LogP contribution in [0.2, 0.25) is 0 Å². The number of hydrogen-bond donors (Lipinski definition) is 1. The van der Waals surface area contributed by atoms with E-state index in [9.17, 15) is 22.4 Å². The highest BCUT2D eigenvalue weighted by atomic mass is 32.2. The summed E-state index contributed by atoms with van der Waals surface area (Å²) in [6.07, 6.45) is 3.45.